The van der Waals surface area contributed by atoms with E-state index in [-0.39, 0.29) is 18.4 Å². The summed E-state index contributed by atoms with van der Waals surface area (Å²) in [5.41, 5.74) is 2.53. The number of rotatable bonds is 8. The second-order valence-electron chi connectivity index (χ2n) is 6.83. The van der Waals surface area contributed by atoms with E-state index in [9.17, 15) is 9.59 Å². The summed E-state index contributed by atoms with van der Waals surface area (Å²) >= 11 is 0. The maximum Gasteiger partial charge on any atom is 0.311 e. The normalized spacial score (nSPS) is 14.5. The van der Waals surface area contributed by atoms with Gasteiger partial charge in [-0.25, -0.2) is 0 Å². The van der Waals surface area contributed by atoms with Crippen LogP contribution in [0.5, 0.6) is 5.75 Å². The lowest BCUT2D eigenvalue weighted by Gasteiger charge is -2.13. The minimum atomic E-state index is -0.782. The van der Waals surface area contributed by atoms with Gasteiger partial charge >= 0.3 is 5.97 Å². The minimum Gasteiger partial charge on any atom is -0.489 e. The third-order valence-corrected chi connectivity index (χ3v) is 4.44. The number of carbonyl (C=O) groups excluding carboxylic acids is 2. The topological polar surface area (TPSA) is 90.7 Å². The molecule has 2 aromatic rings. The molecule has 0 spiro atoms. The van der Waals surface area contributed by atoms with E-state index in [4.69, 9.17) is 14.0 Å². The molecule has 0 saturated heterocycles. The van der Waals surface area contributed by atoms with Crippen LogP contribution in [0.3, 0.4) is 0 Å². The van der Waals surface area contributed by atoms with Gasteiger partial charge in [0, 0.05) is 6.04 Å². The SMILES string of the molecule is Cc1noc(C)c1COc1ccc(CC(=O)O[C@H](C)C(=O)NC2CC2)cc1. The molecule has 1 atom stereocenters. The maximum absolute atomic E-state index is 12.0. The number of amides is 1. The Morgan fingerprint density at radius 1 is 1.26 bits per heavy atom. The van der Waals surface area contributed by atoms with E-state index in [1.807, 2.05) is 13.8 Å². The average Bonchev–Trinajstić information content (AvgIpc) is 3.39. The standard InChI is InChI=1S/C20H24N2O5/c1-12-18(13(2)27-22-12)11-25-17-8-4-15(5-9-17)10-19(23)26-14(3)20(24)21-16-6-7-16/h4-5,8-9,14,16H,6-7,10-11H2,1-3H3,(H,21,24)/t14-/m1/s1. The van der Waals surface area contributed by atoms with Crippen molar-refractivity contribution >= 4 is 11.9 Å². The van der Waals surface area contributed by atoms with Crippen molar-refractivity contribution in [3.63, 3.8) is 0 Å². The molecule has 1 aliphatic rings. The summed E-state index contributed by atoms with van der Waals surface area (Å²) in [6.45, 7) is 5.67. The van der Waals surface area contributed by atoms with Gasteiger partial charge in [-0.1, -0.05) is 17.3 Å². The van der Waals surface area contributed by atoms with Crippen LogP contribution in [-0.4, -0.2) is 29.2 Å². The first-order chi connectivity index (χ1) is 12.9. The Morgan fingerprint density at radius 3 is 2.56 bits per heavy atom. The quantitative estimate of drug-likeness (QED) is 0.717. The molecule has 1 aromatic carbocycles. The van der Waals surface area contributed by atoms with Gasteiger partial charge in [0.25, 0.3) is 5.91 Å². The maximum atomic E-state index is 12.0. The zero-order valence-corrected chi connectivity index (χ0v) is 15.8. The molecular formula is C20H24N2O5. The van der Waals surface area contributed by atoms with Crippen molar-refractivity contribution in [2.75, 3.05) is 0 Å². The van der Waals surface area contributed by atoms with Crippen molar-refractivity contribution in [1.82, 2.24) is 10.5 Å². The first-order valence-electron chi connectivity index (χ1n) is 9.05. The number of benzene rings is 1. The van der Waals surface area contributed by atoms with Crippen molar-refractivity contribution in [1.29, 1.82) is 0 Å². The molecule has 27 heavy (non-hydrogen) atoms. The second kappa shape index (κ2) is 8.24. The van der Waals surface area contributed by atoms with Crippen LogP contribution in [-0.2, 0) is 27.4 Å². The molecule has 1 heterocycles. The van der Waals surface area contributed by atoms with Gasteiger partial charge in [0.1, 0.15) is 18.1 Å². The summed E-state index contributed by atoms with van der Waals surface area (Å²) in [6, 6.07) is 7.45. The smallest absolute Gasteiger partial charge is 0.311 e. The Hall–Kier alpha value is -2.83. The molecule has 1 fully saturated rings. The van der Waals surface area contributed by atoms with Gasteiger partial charge in [0.15, 0.2) is 6.10 Å². The molecule has 0 bridgehead atoms. The van der Waals surface area contributed by atoms with Gasteiger partial charge in [0.2, 0.25) is 0 Å². The van der Waals surface area contributed by atoms with Crippen molar-refractivity contribution in [2.24, 2.45) is 0 Å². The molecule has 0 unspecified atom stereocenters. The molecule has 1 aromatic heterocycles. The lowest BCUT2D eigenvalue weighted by atomic mass is 10.1. The number of ether oxygens (including phenoxy) is 2. The lowest BCUT2D eigenvalue weighted by Crippen LogP contribution is -2.37. The van der Waals surface area contributed by atoms with Crippen LogP contribution in [0.15, 0.2) is 28.8 Å². The van der Waals surface area contributed by atoms with Crippen LogP contribution >= 0.6 is 0 Å². The van der Waals surface area contributed by atoms with Gasteiger partial charge in [0.05, 0.1) is 17.7 Å². The van der Waals surface area contributed by atoms with E-state index >= 15 is 0 Å². The largest absolute Gasteiger partial charge is 0.489 e. The monoisotopic (exact) mass is 372 g/mol. The lowest BCUT2D eigenvalue weighted by molar-refractivity contribution is -0.154. The first kappa shape index (κ1) is 18.9. The minimum absolute atomic E-state index is 0.102. The highest BCUT2D eigenvalue weighted by Gasteiger charge is 2.27. The Labute approximate surface area is 158 Å². The Morgan fingerprint density at radius 2 is 1.96 bits per heavy atom. The van der Waals surface area contributed by atoms with E-state index in [1.54, 1.807) is 31.2 Å². The predicted molar refractivity (Wildman–Crippen MR) is 97.2 cm³/mol. The highest BCUT2D eigenvalue weighted by Crippen LogP contribution is 2.19. The summed E-state index contributed by atoms with van der Waals surface area (Å²) in [4.78, 5) is 23.8. The molecule has 144 valence electrons. The highest BCUT2D eigenvalue weighted by molar-refractivity contribution is 5.84. The van der Waals surface area contributed by atoms with E-state index in [0.29, 0.717) is 12.4 Å². The number of aryl methyl sites for hydroxylation is 2. The number of aromatic nitrogens is 1. The highest BCUT2D eigenvalue weighted by atomic mass is 16.5. The molecule has 7 heteroatoms. The summed E-state index contributed by atoms with van der Waals surface area (Å²) in [5.74, 6) is 0.753. The first-order valence-corrected chi connectivity index (χ1v) is 9.05. The van der Waals surface area contributed by atoms with Gasteiger partial charge in [-0.2, -0.15) is 0 Å². The Kier molecular flexibility index (Phi) is 5.78. The number of esters is 1. The van der Waals surface area contributed by atoms with E-state index in [1.165, 1.54) is 0 Å². The predicted octanol–water partition coefficient (Wildman–Crippen LogP) is 2.62. The third kappa shape index (κ3) is 5.32. The van der Waals surface area contributed by atoms with Crippen molar-refractivity contribution < 1.29 is 23.6 Å². The zero-order valence-electron chi connectivity index (χ0n) is 15.8. The third-order valence-electron chi connectivity index (χ3n) is 4.44. The van der Waals surface area contributed by atoms with Crippen molar-refractivity contribution in [3.05, 3.63) is 46.8 Å². The zero-order chi connectivity index (χ0) is 19.4. The summed E-state index contributed by atoms with van der Waals surface area (Å²) in [6.07, 6.45) is 1.31. The number of nitrogens with one attached hydrogen (secondary N) is 1. The van der Waals surface area contributed by atoms with Gasteiger partial charge in [-0.15, -0.1) is 0 Å². The van der Waals surface area contributed by atoms with Crippen molar-refractivity contribution in [2.45, 2.75) is 58.8 Å². The molecule has 1 amide bonds. The van der Waals surface area contributed by atoms with E-state index in [2.05, 4.69) is 10.5 Å². The van der Waals surface area contributed by atoms with Gasteiger partial charge in [-0.05, 0) is 51.3 Å². The molecule has 1 N–H and O–H groups in total. The molecule has 0 radical (unpaired) electrons. The fourth-order valence-electron chi connectivity index (χ4n) is 2.57. The molecular weight excluding hydrogens is 348 g/mol. The Bertz CT molecular complexity index is 789. The second-order valence-corrected chi connectivity index (χ2v) is 6.83. The number of hydrogen-bond acceptors (Lipinski definition) is 6. The van der Waals surface area contributed by atoms with Gasteiger partial charge in [-0.3, -0.25) is 9.59 Å². The summed E-state index contributed by atoms with van der Waals surface area (Å²) < 4.78 is 16.0. The van der Waals surface area contributed by atoms with Gasteiger partial charge < -0.3 is 19.3 Å². The molecule has 0 aliphatic heterocycles. The van der Waals surface area contributed by atoms with Crippen LogP contribution in [0.1, 0.15) is 42.3 Å². The molecule has 3 rings (SSSR count). The fraction of sp³-hybridized carbons (Fsp3) is 0.450. The van der Waals surface area contributed by atoms with Crippen molar-refractivity contribution in [3.8, 4) is 5.75 Å². The molecule has 7 nitrogen and oxygen atoms in total. The average molecular weight is 372 g/mol. The van der Waals surface area contributed by atoms with E-state index in [0.717, 1.165) is 35.4 Å². The van der Waals surface area contributed by atoms with Crippen LogP contribution in [0, 0.1) is 13.8 Å². The number of hydrogen-bond donors (Lipinski definition) is 1. The van der Waals surface area contributed by atoms with Crippen LogP contribution < -0.4 is 10.1 Å². The van der Waals surface area contributed by atoms with Crippen LogP contribution in [0.4, 0.5) is 0 Å². The molecule has 1 saturated carbocycles. The van der Waals surface area contributed by atoms with Crippen LogP contribution in [0.25, 0.3) is 0 Å². The number of nitrogens with zero attached hydrogens (tertiary/aromatic N) is 1. The fourth-order valence-corrected chi connectivity index (χ4v) is 2.57. The number of carbonyl (C=O) groups is 2. The Balaban J connectivity index is 1.46. The van der Waals surface area contributed by atoms with E-state index < -0.39 is 12.1 Å². The summed E-state index contributed by atoms with van der Waals surface area (Å²) in [7, 11) is 0. The summed E-state index contributed by atoms with van der Waals surface area (Å²) in [5, 5.41) is 6.72. The molecule has 1 aliphatic carbocycles. The van der Waals surface area contributed by atoms with Crippen LogP contribution in [0.2, 0.25) is 0 Å².